The van der Waals surface area contributed by atoms with Gasteiger partial charge in [0.2, 0.25) is 0 Å². The molecule has 0 radical (unpaired) electrons. The van der Waals surface area contributed by atoms with Crippen LogP contribution in [0.3, 0.4) is 0 Å². The van der Waals surface area contributed by atoms with Gasteiger partial charge in [-0.1, -0.05) is 33.3 Å². The number of benzene rings is 1. The molecule has 1 aromatic rings. The monoisotopic (exact) mass is 380 g/mol. The maximum Gasteiger partial charge on any atom is 0.309 e. The molecule has 0 aliphatic heterocycles. The summed E-state index contributed by atoms with van der Waals surface area (Å²) in [7, 11) is -4.34. The topological polar surface area (TPSA) is 91.7 Å². The van der Waals surface area contributed by atoms with Crippen molar-refractivity contribution < 1.29 is 22.9 Å². The van der Waals surface area contributed by atoms with E-state index in [9.17, 15) is 22.9 Å². The minimum atomic E-state index is -4.34. The minimum Gasteiger partial charge on any atom is -0.481 e. The van der Waals surface area contributed by atoms with E-state index in [1.165, 1.54) is 0 Å². The van der Waals surface area contributed by atoms with E-state index in [-0.39, 0.29) is 16.7 Å². The quantitative estimate of drug-likeness (QED) is 0.769. The average Bonchev–Trinajstić information content (AvgIpc) is 2.52. The van der Waals surface area contributed by atoms with Gasteiger partial charge in [0.05, 0.1) is 10.3 Å². The number of fused-ring (bicyclic) bond motifs is 3. The molecule has 2 N–H and O–H groups in total. The lowest BCUT2D eigenvalue weighted by molar-refractivity contribution is -0.157. The molecule has 1 saturated carbocycles. The predicted molar refractivity (Wildman–Crippen MR) is 99.1 cm³/mol. The van der Waals surface area contributed by atoms with Gasteiger partial charge in [0.25, 0.3) is 10.1 Å². The normalized spacial score (nSPS) is 31.4. The lowest BCUT2D eigenvalue weighted by atomic mass is 9.50. The summed E-state index contributed by atoms with van der Waals surface area (Å²) in [6, 6.07) is 3.54. The van der Waals surface area contributed by atoms with E-state index in [2.05, 4.69) is 6.92 Å². The maximum absolute atomic E-state index is 12.0. The fourth-order valence-electron chi connectivity index (χ4n) is 5.45. The van der Waals surface area contributed by atoms with Crippen molar-refractivity contribution in [1.29, 1.82) is 0 Å². The summed E-state index contributed by atoms with van der Waals surface area (Å²) in [5, 5.41) is 9.86. The van der Waals surface area contributed by atoms with Crippen LogP contribution in [0, 0.1) is 11.3 Å². The van der Waals surface area contributed by atoms with Crippen molar-refractivity contribution in [3.05, 3.63) is 28.8 Å². The molecule has 0 bridgehead atoms. The van der Waals surface area contributed by atoms with Crippen molar-refractivity contribution in [3.63, 3.8) is 0 Å². The van der Waals surface area contributed by atoms with E-state index in [0.29, 0.717) is 12.0 Å². The summed E-state index contributed by atoms with van der Waals surface area (Å²) in [4.78, 5) is 12.0. The Kier molecular flexibility index (Phi) is 4.51. The van der Waals surface area contributed by atoms with Crippen LogP contribution in [0.25, 0.3) is 0 Å². The lowest BCUT2D eigenvalue weighted by Gasteiger charge is -2.53. The first kappa shape index (κ1) is 19.4. The molecule has 2 aliphatic carbocycles. The molecule has 2 aliphatic rings. The third kappa shape index (κ3) is 2.78. The number of hydrogen-bond acceptors (Lipinski definition) is 3. The molecular formula is C20H28O5S. The highest BCUT2D eigenvalue weighted by Crippen LogP contribution is 2.57. The van der Waals surface area contributed by atoms with Crippen molar-refractivity contribution in [1.82, 2.24) is 0 Å². The van der Waals surface area contributed by atoms with Gasteiger partial charge >= 0.3 is 5.97 Å². The Balaban J connectivity index is 2.24. The van der Waals surface area contributed by atoms with Crippen LogP contribution in [0.1, 0.15) is 76.0 Å². The second-order valence-electron chi connectivity index (χ2n) is 8.76. The highest BCUT2D eigenvalue weighted by atomic mass is 32.2. The second-order valence-corrected chi connectivity index (χ2v) is 10.2. The van der Waals surface area contributed by atoms with Gasteiger partial charge in [0.15, 0.2) is 0 Å². The van der Waals surface area contributed by atoms with Gasteiger partial charge in [0.1, 0.15) is 0 Å². The number of carbonyl (C=O) groups is 1. The zero-order valence-corrected chi connectivity index (χ0v) is 16.7. The summed E-state index contributed by atoms with van der Waals surface area (Å²) in [6.45, 7) is 7.71. The SMILES string of the molecule is CC(C)c1cc2c(cc1S(=O)(=O)O)C1(C)CCCC(C)(C(=O)O)C1CC2. The van der Waals surface area contributed by atoms with Crippen molar-refractivity contribution >= 4 is 16.1 Å². The van der Waals surface area contributed by atoms with Crippen LogP contribution in [0.5, 0.6) is 0 Å². The van der Waals surface area contributed by atoms with E-state index in [0.717, 1.165) is 36.8 Å². The molecule has 0 amide bonds. The van der Waals surface area contributed by atoms with Crippen LogP contribution in [0.4, 0.5) is 0 Å². The largest absolute Gasteiger partial charge is 0.481 e. The van der Waals surface area contributed by atoms with Crippen molar-refractivity contribution in [3.8, 4) is 0 Å². The van der Waals surface area contributed by atoms with E-state index in [1.807, 2.05) is 26.8 Å². The molecule has 3 rings (SSSR count). The van der Waals surface area contributed by atoms with Gasteiger partial charge in [-0.15, -0.1) is 0 Å². The lowest BCUT2D eigenvalue weighted by Crippen LogP contribution is -2.52. The number of aliphatic carboxylic acids is 1. The number of rotatable bonds is 3. The second kappa shape index (κ2) is 6.06. The summed E-state index contributed by atoms with van der Waals surface area (Å²) in [5.41, 5.74) is 1.42. The molecule has 26 heavy (non-hydrogen) atoms. The fraction of sp³-hybridized carbons (Fsp3) is 0.650. The molecule has 3 atom stereocenters. The van der Waals surface area contributed by atoms with Gasteiger partial charge in [-0.05, 0) is 72.6 Å². The summed E-state index contributed by atoms with van der Waals surface area (Å²) in [5.74, 6) is -0.850. The zero-order chi connectivity index (χ0) is 19.5. The average molecular weight is 381 g/mol. The van der Waals surface area contributed by atoms with Crippen LogP contribution in [0.2, 0.25) is 0 Å². The zero-order valence-electron chi connectivity index (χ0n) is 15.9. The van der Waals surface area contributed by atoms with Crippen LogP contribution in [-0.4, -0.2) is 24.0 Å². The van der Waals surface area contributed by atoms with Crippen molar-refractivity contribution in [2.75, 3.05) is 0 Å². The van der Waals surface area contributed by atoms with Gasteiger partial charge in [-0.2, -0.15) is 8.42 Å². The fourth-order valence-corrected chi connectivity index (χ4v) is 6.31. The number of carboxylic acids is 1. The maximum atomic E-state index is 12.0. The van der Waals surface area contributed by atoms with Gasteiger partial charge in [0, 0.05) is 0 Å². The minimum absolute atomic E-state index is 0.0293. The highest BCUT2D eigenvalue weighted by Gasteiger charge is 2.55. The Bertz CT molecular complexity index is 857. The van der Waals surface area contributed by atoms with E-state index in [4.69, 9.17) is 0 Å². The Labute approximate surface area is 155 Å². The first-order chi connectivity index (χ1) is 11.9. The molecule has 0 saturated heterocycles. The molecule has 0 spiro atoms. The molecule has 1 fully saturated rings. The third-order valence-electron chi connectivity index (χ3n) is 6.87. The van der Waals surface area contributed by atoms with Crippen LogP contribution < -0.4 is 0 Å². The predicted octanol–water partition coefficient (Wildman–Crippen LogP) is 4.15. The van der Waals surface area contributed by atoms with Gasteiger partial charge < -0.3 is 5.11 Å². The molecule has 6 heteroatoms. The Morgan fingerprint density at radius 3 is 2.42 bits per heavy atom. The molecule has 3 unspecified atom stereocenters. The first-order valence-electron chi connectivity index (χ1n) is 9.29. The van der Waals surface area contributed by atoms with E-state index >= 15 is 0 Å². The first-order valence-corrected chi connectivity index (χ1v) is 10.7. The summed E-state index contributed by atoms with van der Waals surface area (Å²) >= 11 is 0. The molecule has 5 nitrogen and oxygen atoms in total. The Morgan fingerprint density at radius 2 is 1.88 bits per heavy atom. The molecule has 1 aromatic carbocycles. The molecule has 144 valence electrons. The van der Waals surface area contributed by atoms with Crippen molar-refractivity contribution in [2.24, 2.45) is 11.3 Å². The highest BCUT2D eigenvalue weighted by molar-refractivity contribution is 7.85. The number of carboxylic acid groups (broad SMARTS) is 1. The van der Waals surface area contributed by atoms with Crippen LogP contribution >= 0.6 is 0 Å². The number of aryl methyl sites for hydroxylation is 1. The van der Waals surface area contributed by atoms with Gasteiger partial charge in [-0.25, -0.2) is 0 Å². The Morgan fingerprint density at radius 1 is 1.23 bits per heavy atom. The third-order valence-corrected chi connectivity index (χ3v) is 7.78. The number of hydrogen-bond donors (Lipinski definition) is 2. The Hall–Kier alpha value is -1.40. The molecule has 0 aromatic heterocycles. The summed E-state index contributed by atoms with van der Waals surface area (Å²) < 4.78 is 33.8. The van der Waals surface area contributed by atoms with E-state index < -0.39 is 26.9 Å². The van der Waals surface area contributed by atoms with Gasteiger partial charge in [-0.3, -0.25) is 9.35 Å². The standard InChI is InChI=1S/C20H28O5S/c1-12(2)14-10-13-6-7-17-19(3,8-5-9-20(17,4)18(21)22)15(13)11-16(14)26(23,24)25/h10-12,17H,5-9H2,1-4H3,(H,21,22)(H,23,24,25). The van der Waals surface area contributed by atoms with Crippen LogP contribution in [-0.2, 0) is 26.7 Å². The molecular weight excluding hydrogens is 352 g/mol. The van der Waals surface area contributed by atoms with Crippen molar-refractivity contribution in [2.45, 2.75) is 76.0 Å². The molecule has 0 heterocycles. The summed E-state index contributed by atoms with van der Waals surface area (Å²) in [6.07, 6.45) is 3.80. The van der Waals surface area contributed by atoms with Crippen LogP contribution in [0.15, 0.2) is 17.0 Å². The smallest absolute Gasteiger partial charge is 0.309 e. The van der Waals surface area contributed by atoms with E-state index in [1.54, 1.807) is 6.07 Å².